The zero-order valence-electron chi connectivity index (χ0n) is 16.2. The molecule has 1 saturated heterocycles. The van der Waals surface area contributed by atoms with Crippen LogP contribution in [0.15, 0.2) is 54.6 Å². The Labute approximate surface area is 161 Å². The predicted octanol–water partition coefficient (Wildman–Crippen LogP) is 3.70. The average Bonchev–Trinajstić information content (AvgIpc) is 2.67. The van der Waals surface area contributed by atoms with E-state index in [-0.39, 0.29) is 24.2 Å². The third-order valence-electron chi connectivity index (χ3n) is 4.75. The molecule has 0 aliphatic carbocycles. The molecular formula is C22H28N2O3. The topological polar surface area (TPSA) is 50.8 Å². The lowest BCUT2D eigenvalue weighted by Crippen LogP contribution is -2.52. The molecule has 27 heavy (non-hydrogen) atoms. The number of morpholine rings is 1. The molecule has 0 radical (unpaired) electrons. The second-order valence-electron chi connectivity index (χ2n) is 7.18. The van der Waals surface area contributed by atoms with Crippen molar-refractivity contribution in [3.63, 3.8) is 0 Å². The number of nitrogens with one attached hydrogen (secondary N) is 1. The third-order valence-corrected chi connectivity index (χ3v) is 4.75. The highest BCUT2D eigenvalue weighted by atomic mass is 16.5. The smallest absolute Gasteiger partial charge is 0.241 e. The van der Waals surface area contributed by atoms with Crippen LogP contribution in [0, 0.1) is 0 Å². The van der Waals surface area contributed by atoms with E-state index in [2.05, 4.69) is 10.2 Å². The van der Waals surface area contributed by atoms with E-state index < -0.39 is 0 Å². The van der Waals surface area contributed by atoms with Gasteiger partial charge in [0.1, 0.15) is 12.4 Å². The molecule has 1 heterocycles. The molecule has 1 aliphatic rings. The molecule has 0 aromatic heterocycles. The summed E-state index contributed by atoms with van der Waals surface area (Å²) >= 11 is 0. The summed E-state index contributed by atoms with van der Waals surface area (Å²) in [5.41, 5.74) is 1.89. The van der Waals surface area contributed by atoms with E-state index in [9.17, 15) is 4.79 Å². The quantitative estimate of drug-likeness (QED) is 0.845. The summed E-state index contributed by atoms with van der Waals surface area (Å²) < 4.78 is 11.5. The third kappa shape index (κ3) is 5.55. The lowest BCUT2D eigenvalue weighted by molar-refractivity contribution is -0.126. The van der Waals surface area contributed by atoms with E-state index >= 15 is 0 Å². The Bertz CT molecular complexity index is 723. The number of benzene rings is 2. The second-order valence-corrected chi connectivity index (χ2v) is 7.18. The van der Waals surface area contributed by atoms with Gasteiger partial charge in [0.2, 0.25) is 5.91 Å². The van der Waals surface area contributed by atoms with Crippen LogP contribution in [0.5, 0.6) is 5.75 Å². The highest BCUT2D eigenvalue weighted by Gasteiger charge is 2.29. The highest BCUT2D eigenvalue weighted by molar-refractivity contribution is 5.94. The fraction of sp³-hybridized carbons (Fsp3) is 0.409. The first-order valence-corrected chi connectivity index (χ1v) is 9.48. The van der Waals surface area contributed by atoms with E-state index in [0.29, 0.717) is 6.61 Å². The Morgan fingerprint density at radius 2 is 1.74 bits per heavy atom. The van der Waals surface area contributed by atoms with Crippen molar-refractivity contribution >= 4 is 11.6 Å². The van der Waals surface area contributed by atoms with Gasteiger partial charge in [0.25, 0.3) is 0 Å². The van der Waals surface area contributed by atoms with E-state index in [1.165, 1.54) is 0 Å². The SMILES string of the molecule is CC1CN(C(C)C(=O)Nc2ccc(OCc3ccccc3)cc2)CC(C)O1. The van der Waals surface area contributed by atoms with Crippen molar-refractivity contribution in [2.75, 3.05) is 18.4 Å². The van der Waals surface area contributed by atoms with Crippen LogP contribution in [0.25, 0.3) is 0 Å². The summed E-state index contributed by atoms with van der Waals surface area (Å²) in [6.07, 6.45) is 0.287. The van der Waals surface area contributed by atoms with Crippen molar-refractivity contribution in [2.45, 2.75) is 45.6 Å². The standard InChI is InChI=1S/C22H28N2O3/c1-16-13-24(14-17(2)27-16)18(3)22(25)23-20-9-11-21(12-10-20)26-15-19-7-5-4-6-8-19/h4-12,16-18H,13-15H2,1-3H3,(H,23,25). The van der Waals surface area contributed by atoms with E-state index in [4.69, 9.17) is 9.47 Å². The lowest BCUT2D eigenvalue weighted by Gasteiger charge is -2.38. The number of anilines is 1. The van der Waals surface area contributed by atoms with Crippen LogP contribution in [0.1, 0.15) is 26.3 Å². The van der Waals surface area contributed by atoms with Crippen molar-refractivity contribution in [3.05, 3.63) is 60.2 Å². The van der Waals surface area contributed by atoms with Gasteiger partial charge < -0.3 is 14.8 Å². The largest absolute Gasteiger partial charge is 0.489 e. The Kier molecular flexibility index (Phi) is 6.48. The van der Waals surface area contributed by atoms with Gasteiger partial charge in [0.15, 0.2) is 0 Å². The number of carbonyl (C=O) groups is 1. The molecule has 0 saturated carbocycles. The molecule has 3 unspecified atom stereocenters. The van der Waals surface area contributed by atoms with Gasteiger partial charge in [-0.05, 0) is 50.6 Å². The molecule has 2 aromatic rings. The van der Waals surface area contributed by atoms with E-state index in [0.717, 1.165) is 30.1 Å². The molecule has 1 fully saturated rings. The van der Waals surface area contributed by atoms with Crippen molar-refractivity contribution in [2.24, 2.45) is 0 Å². The van der Waals surface area contributed by atoms with Crippen LogP contribution in [0.2, 0.25) is 0 Å². The molecular weight excluding hydrogens is 340 g/mol. The van der Waals surface area contributed by atoms with Crippen molar-refractivity contribution < 1.29 is 14.3 Å². The van der Waals surface area contributed by atoms with Crippen molar-refractivity contribution in [1.29, 1.82) is 0 Å². The number of nitrogens with zero attached hydrogens (tertiary/aromatic N) is 1. The molecule has 0 spiro atoms. The molecule has 3 rings (SSSR count). The monoisotopic (exact) mass is 368 g/mol. The molecule has 1 N–H and O–H groups in total. The van der Waals surface area contributed by atoms with Gasteiger partial charge in [0, 0.05) is 18.8 Å². The molecule has 1 aliphatic heterocycles. The molecule has 5 heteroatoms. The Morgan fingerprint density at radius 3 is 2.37 bits per heavy atom. The molecule has 2 aromatic carbocycles. The van der Waals surface area contributed by atoms with Gasteiger partial charge >= 0.3 is 0 Å². The Morgan fingerprint density at radius 1 is 1.11 bits per heavy atom. The predicted molar refractivity (Wildman–Crippen MR) is 107 cm³/mol. The number of carbonyl (C=O) groups excluding carboxylic acids is 1. The first kappa shape index (κ1) is 19.4. The van der Waals surface area contributed by atoms with Gasteiger partial charge in [0.05, 0.1) is 18.2 Å². The number of hydrogen-bond donors (Lipinski definition) is 1. The summed E-state index contributed by atoms with van der Waals surface area (Å²) in [6.45, 7) is 8.09. The summed E-state index contributed by atoms with van der Waals surface area (Å²) in [5.74, 6) is 0.773. The fourth-order valence-corrected chi connectivity index (χ4v) is 3.32. The van der Waals surface area contributed by atoms with E-state index in [1.54, 1.807) is 0 Å². The van der Waals surface area contributed by atoms with Crippen molar-refractivity contribution in [3.8, 4) is 5.75 Å². The van der Waals surface area contributed by atoms with Crippen LogP contribution >= 0.6 is 0 Å². The first-order chi connectivity index (χ1) is 13.0. The van der Waals surface area contributed by atoms with Gasteiger partial charge in [-0.1, -0.05) is 30.3 Å². The second kappa shape index (κ2) is 9.02. The number of rotatable bonds is 6. The lowest BCUT2D eigenvalue weighted by atomic mass is 10.1. The zero-order chi connectivity index (χ0) is 19.2. The maximum absolute atomic E-state index is 12.6. The van der Waals surface area contributed by atoms with Crippen LogP contribution in [0.4, 0.5) is 5.69 Å². The fourth-order valence-electron chi connectivity index (χ4n) is 3.32. The van der Waals surface area contributed by atoms with Gasteiger partial charge in [-0.25, -0.2) is 0 Å². The van der Waals surface area contributed by atoms with Crippen LogP contribution in [-0.4, -0.2) is 42.1 Å². The summed E-state index contributed by atoms with van der Waals surface area (Å²) in [7, 11) is 0. The summed E-state index contributed by atoms with van der Waals surface area (Å²) in [5, 5.41) is 2.99. The Hall–Kier alpha value is -2.37. The van der Waals surface area contributed by atoms with Gasteiger partial charge in [-0.15, -0.1) is 0 Å². The van der Waals surface area contributed by atoms with Gasteiger partial charge in [-0.2, -0.15) is 0 Å². The van der Waals surface area contributed by atoms with Crippen molar-refractivity contribution in [1.82, 2.24) is 4.90 Å². The minimum absolute atomic E-state index is 0.00532. The minimum Gasteiger partial charge on any atom is -0.489 e. The number of hydrogen-bond acceptors (Lipinski definition) is 4. The van der Waals surface area contributed by atoms with E-state index in [1.807, 2.05) is 75.4 Å². The first-order valence-electron chi connectivity index (χ1n) is 9.48. The number of ether oxygens (including phenoxy) is 2. The van der Waals surface area contributed by atoms with Gasteiger partial charge in [-0.3, -0.25) is 9.69 Å². The Balaban J connectivity index is 1.52. The highest BCUT2D eigenvalue weighted by Crippen LogP contribution is 2.19. The normalized spacial score (nSPS) is 21.4. The van der Waals surface area contributed by atoms with Crippen LogP contribution < -0.4 is 10.1 Å². The maximum Gasteiger partial charge on any atom is 0.241 e. The average molecular weight is 368 g/mol. The summed E-state index contributed by atoms with van der Waals surface area (Å²) in [6, 6.07) is 17.3. The molecule has 3 atom stereocenters. The molecule has 0 bridgehead atoms. The molecule has 1 amide bonds. The number of amides is 1. The molecule has 144 valence electrons. The maximum atomic E-state index is 12.6. The van der Waals surface area contributed by atoms with Crippen LogP contribution in [-0.2, 0) is 16.1 Å². The summed E-state index contributed by atoms with van der Waals surface area (Å²) in [4.78, 5) is 14.8. The van der Waals surface area contributed by atoms with Crippen LogP contribution in [0.3, 0.4) is 0 Å². The molecule has 5 nitrogen and oxygen atoms in total. The minimum atomic E-state index is -0.201. The zero-order valence-corrected chi connectivity index (χ0v) is 16.2.